The molecule has 0 fully saturated rings. The zero-order valence-corrected chi connectivity index (χ0v) is 12.4. The summed E-state index contributed by atoms with van der Waals surface area (Å²) in [7, 11) is 0. The van der Waals surface area contributed by atoms with E-state index in [0.29, 0.717) is 13.2 Å². The lowest BCUT2D eigenvalue weighted by molar-refractivity contribution is -0.143. The molecule has 0 saturated heterocycles. The van der Waals surface area contributed by atoms with E-state index in [4.69, 9.17) is 9.47 Å². The van der Waals surface area contributed by atoms with Crippen LogP contribution in [0.15, 0.2) is 29.6 Å². The van der Waals surface area contributed by atoms with Gasteiger partial charge in [0, 0.05) is 16.6 Å². The van der Waals surface area contributed by atoms with Crippen LogP contribution in [0, 0.1) is 6.92 Å². The van der Waals surface area contributed by atoms with Crippen molar-refractivity contribution in [3.63, 3.8) is 0 Å². The quantitative estimate of drug-likeness (QED) is 0.765. The highest BCUT2D eigenvalue weighted by atomic mass is 32.1. The molecule has 1 aromatic carbocycles. The molecular formula is C15H17NO3S. The van der Waals surface area contributed by atoms with E-state index in [-0.39, 0.29) is 12.4 Å². The summed E-state index contributed by atoms with van der Waals surface area (Å²) in [6.45, 7) is 4.50. The fourth-order valence-corrected chi connectivity index (χ4v) is 2.47. The van der Waals surface area contributed by atoms with E-state index in [1.165, 1.54) is 0 Å². The van der Waals surface area contributed by atoms with Crippen LogP contribution in [0.3, 0.4) is 0 Å². The van der Waals surface area contributed by atoms with Crippen LogP contribution in [-0.2, 0) is 9.53 Å². The highest BCUT2D eigenvalue weighted by molar-refractivity contribution is 7.13. The number of thiazole rings is 1. The molecule has 0 amide bonds. The fourth-order valence-electron chi connectivity index (χ4n) is 1.67. The predicted octanol–water partition coefficient (Wildman–Crippen LogP) is 3.45. The molecule has 1 aromatic heterocycles. The Bertz CT molecular complexity index is 563. The molecule has 20 heavy (non-hydrogen) atoms. The minimum atomic E-state index is -0.234. The Morgan fingerprint density at radius 2 is 2.05 bits per heavy atom. The zero-order chi connectivity index (χ0) is 14.4. The first-order valence-corrected chi connectivity index (χ1v) is 7.38. The number of ether oxygens (including phenoxy) is 2. The van der Waals surface area contributed by atoms with Crippen LogP contribution in [0.5, 0.6) is 5.75 Å². The van der Waals surface area contributed by atoms with Gasteiger partial charge in [-0.3, -0.25) is 4.79 Å². The molecule has 5 heteroatoms. The van der Waals surface area contributed by atoms with E-state index in [1.54, 1.807) is 18.3 Å². The van der Waals surface area contributed by atoms with E-state index < -0.39 is 0 Å². The first-order chi connectivity index (χ1) is 9.69. The summed E-state index contributed by atoms with van der Waals surface area (Å²) in [6, 6.07) is 7.71. The summed E-state index contributed by atoms with van der Waals surface area (Å²) in [6.07, 6.45) is 0.265. The van der Waals surface area contributed by atoms with Crippen LogP contribution < -0.4 is 4.74 Å². The maximum atomic E-state index is 11.2. The van der Waals surface area contributed by atoms with Crippen molar-refractivity contribution in [1.82, 2.24) is 4.98 Å². The molecule has 0 spiro atoms. The minimum absolute atomic E-state index is 0.234. The van der Waals surface area contributed by atoms with Gasteiger partial charge < -0.3 is 9.47 Å². The highest BCUT2D eigenvalue weighted by Crippen LogP contribution is 2.25. The molecule has 0 radical (unpaired) electrons. The van der Waals surface area contributed by atoms with Crippen LogP contribution in [-0.4, -0.2) is 24.2 Å². The third kappa shape index (κ3) is 4.06. The van der Waals surface area contributed by atoms with Crippen LogP contribution >= 0.6 is 11.3 Å². The van der Waals surface area contributed by atoms with Crippen LogP contribution in [0.1, 0.15) is 19.0 Å². The molecule has 0 aliphatic carbocycles. The van der Waals surface area contributed by atoms with Gasteiger partial charge in [-0.05, 0) is 38.1 Å². The van der Waals surface area contributed by atoms with Crippen molar-refractivity contribution in [3.05, 3.63) is 35.3 Å². The number of carbonyl (C=O) groups is 1. The number of nitrogens with zero attached hydrogens (tertiary/aromatic N) is 1. The van der Waals surface area contributed by atoms with E-state index in [9.17, 15) is 4.79 Å². The highest BCUT2D eigenvalue weighted by Gasteiger charge is 2.04. The summed E-state index contributed by atoms with van der Waals surface area (Å²) in [4.78, 5) is 15.6. The average Bonchev–Trinajstić information content (AvgIpc) is 2.86. The number of benzene rings is 1. The second-order valence-corrected chi connectivity index (χ2v) is 5.08. The lowest BCUT2D eigenvalue weighted by Gasteiger charge is -2.06. The molecule has 1 heterocycles. The van der Waals surface area contributed by atoms with Crippen LogP contribution in [0.2, 0.25) is 0 Å². The van der Waals surface area contributed by atoms with Crippen LogP contribution in [0.25, 0.3) is 10.6 Å². The molecule has 4 nitrogen and oxygen atoms in total. The lowest BCUT2D eigenvalue weighted by Crippen LogP contribution is -2.09. The Kier molecular flexibility index (Phi) is 5.12. The summed E-state index contributed by atoms with van der Waals surface area (Å²) >= 11 is 1.62. The molecule has 2 rings (SSSR count). The maximum absolute atomic E-state index is 11.2. The Hall–Kier alpha value is -1.88. The smallest absolute Gasteiger partial charge is 0.309 e. The molecule has 0 atom stereocenters. The van der Waals surface area contributed by atoms with Crippen molar-refractivity contribution in [3.8, 4) is 16.3 Å². The maximum Gasteiger partial charge on any atom is 0.309 e. The Morgan fingerprint density at radius 1 is 1.30 bits per heavy atom. The summed E-state index contributed by atoms with van der Waals surface area (Å²) < 4.78 is 10.3. The molecule has 0 saturated carbocycles. The molecule has 106 valence electrons. The summed E-state index contributed by atoms with van der Waals surface area (Å²) in [5.74, 6) is 0.508. The van der Waals surface area contributed by atoms with Crippen molar-refractivity contribution in [2.45, 2.75) is 20.3 Å². The average molecular weight is 291 g/mol. The standard InChI is InChI=1S/C15H17NO3S/c1-3-18-14(17)8-9-19-13-6-4-12(5-7-13)15-16-11(2)10-20-15/h4-7,10H,3,8-9H2,1-2H3. The van der Waals surface area contributed by atoms with Crippen molar-refractivity contribution >= 4 is 17.3 Å². The van der Waals surface area contributed by atoms with Gasteiger partial charge >= 0.3 is 5.97 Å². The SMILES string of the molecule is CCOC(=O)CCOc1ccc(-c2nc(C)cs2)cc1. The molecule has 0 N–H and O–H groups in total. The number of aryl methyl sites for hydroxylation is 1. The van der Waals surface area contributed by atoms with Gasteiger partial charge in [0.15, 0.2) is 0 Å². The van der Waals surface area contributed by atoms with Crippen LogP contribution in [0.4, 0.5) is 0 Å². The largest absolute Gasteiger partial charge is 0.493 e. The van der Waals surface area contributed by atoms with Gasteiger partial charge in [0.25, 0.3) is 0 Å². The fraction of sp³-hybridized carbons (Fsp3) is 0.333. The number of rotatable bonds is 6. The topological polar surface area (TPSA) is 48.4 Å². The van der Waals surface area contributed by atoms with E-state index in [1.807, 2.05) is 36.6 Å². The van der Waals surface area contributed by atoms with Gasteiger partial charge in [-0.15, -0.1) is 11.3 Å². The normalized spacial score (nSPS) is 10.3. The van der Waals surface area contributed by atoms with Crippen molar-refractivity contribution in [1.29, 1.82) is 0 Å². The summed E-state index contributed by atoms with van der Waals surface area (Å²) in [5.41, 5.74) is 2.10. The van der Waals surface area contributed by atoms with Crippen molar-refractivity contribution in [2.24, 2.45) is 0 Å². The van der Waals surface area contributed by atoms with Gasteiger partial charge in [-0.2, -0.15) is 0 Å². The van der Waals surface area contributed by atoms with Gasteiger partial charge in [0.2, 0.25) is 0 Å². The van der Waals surface area contributed by atoms with E-state index in [2.05, 4.69) is 4.98 Å². The Morgan fingerprint density at radius 3 is 2.65 bits per heavy atom. The van der Waals surface area contributed by atoms with E-state index >= 15 is 0 Å². The van der Waals surface area contributed by atoms with Crippen molar-refractivity contribution < 1.29 is 14.3 Å². The zero-order valence-electron chi connectivity index (χ0n) is 11.6. The first kappa shape index (κ1) is 14.5. The third-order valence-electron chi connectivity index (χ3n) is 2.60. The molecule has 0 aliphatic heterocycles. The summed E-state index contributed by atoms with van der Waals surface area (Å²) in [5, 5.41) is 3.03. The lowest BCUT2D eigenvalue weighted by atomic mass is 10.2. The third-order valence-corrected chi connectivity index (χ3v) is 3.61. The van der Waals surface area contributed by atoms with Crippen molar-refractivity contribution in [2.75, 3.05) is 13.2 Å². The first-order valence-electron chi connectivity index (χ1n) is 6.50. The molecule has 0 aliphatic rings. The molecular weight excluding hydrogens is 274 g/mol. The van der Waals surface area contributed by atoms with E-state index in [0.717, 1.165) is 22.0 Å². The number of hydrogen-bond donors (Lipinski definition) is 0. The molecule has 0 bridgehead atoms. The van der Waals surface area contributed by atoms with Gasteiger partial charge in [0.05, 0.1) is 19.6 Å². The van der Waals surface area contributed by atoms with Gasteiger partial charge in [-0.25, -0.2) is 4.98 Å². The van der Waals surface area contributed by atoms with Gasteiger partial charge in [-0.1, -0.05) is 0 Å². The monoisotopic (exact) mass is 291 g/mol. The number of esters is 1. The predicted molar refractivity (Wildman–Crippen MR) is 79.0 cm³/mol. The number of carbonyl (C=O) groups excluding carboxylic acids is 1. The minimum Gasteiger partial charge on any atom is -0.493 e. The Labute approximate surface area is 122 Å². The number of aromatic nitrogens is 1. The number of hydrogen-bond acceptors (Lipinski definition) is 5. The second-order valence-electron chi connectivity index (χ2n) is 4.22. The Balaban J connectivity index is 1.87. The van der Waals surface area contributed by atoms with Gasteiger partial charge in [0.1, 0.15) is 10.8 Å². The molecule has 2 aromatic rings. The molecule has 0 unspecified atom stereocenters. The second kappa shape index (κ2) is 7.05.